The minimum absolute atomic E-state index is 0.134. The second-order valence-corrected chi connectivity index (χ2v) is 5.01. The summed E-state index contributed by atoms with van der Waals surface area (Å²) >= 11 is 0. The molecule has 78 valence electrons. The molecule has 1 nitrogen and oxygen atoms in total. The largest absolute Gasteiger partial charge is 0.388 e. The molecular weight excluding hydrogens is 172 g/mol. The molecule has 0 amide bonds. The summed E-state index contributed by atoms with van der Waals surface area (Å²) in [5, 5.41) is 10.1. The highest BCUT2D eigenvalue weighted by atomic mass is 16.3. The predicted molar refractivity (Wildman–Crippen MR) is 60.0 cm³/mol. The maximum Gasteiger partial charge on any atom is 0.0820 e. The van der Waals surface area contributed by atoms with E-state index in [0.29, 0.717) is 0 Å². The molecule has 0 heterocycles. The van der Waals surface area contributed by atoms with Crippen LogP contribution in [0.5, 0.6) is 0 Å². The average Bonchev–Trinajstić information content (AvgIpc) is 2.15. The highest BCUT2D eigenvalue weighted by Gasteiger charge is 2.27. The van der Waals surface area contributed by atoms with Gasteiger partial charge in [0.2, 0.25) is 0 Å². The van der Waals surface area contributed by atoms with E-state index in [0.717, 1.165) is 5.56 Å². The molecule has 0 aliphatic carbocycles. The third-order valence-corrected chi connectivity index (χ3v) is 2.98. The van der Waals surface area contributed by atoms with Gasteiger partial charge < -0.3 is 5.11 Å². The van der Waals surface area contributed by atoms with E-state index in [9.17, 15) is 5.11 Å². The van der Waals surface area contributed by atoms with Crippen LogP contribution in [-0.4, -0.2) is 5.11 Å². The lowest BCUT2D eigenvalue weighted by atomic mass is 9.77. The fraction of sp³-hybridized carbons (Fsp3) is 0.538. The summed E-state index contributed by atoms with van der Waals surface area (Å²) in [7, 11) is 0. The maximum absolute atomic E-state index is 10.1. The lowest BCUT2D eigenvalue weighted by Gasteiger charge is -2.31. The molecule has 0 unspecified atom stereocenters. The topological polar surface area (TPSA) is 20.2 Å². The van der Waals surface area contributed by atoms with Crippen LogP contribution in [0.3, 0.4) is 0 Å². The van der Waals surface area contributed by atoms with E-state index >= 15 is 0 Å². The first-order valence-corrected chi connectivity index (χ1v) is 5.16. The molecular formula is C13H20O. The summed E-state index contributed by atoms with van der Waals surface area (Å²) < 4.78 is 0. The van der Waals surface area contributed by atoms with Crippen LogP contribution in [0.2, 0.25) is 0 Å². The van der Waals surface area contributed by atoms with Crippen molar-refractivity contribution in [2.75, 3.05) is 0 Å². The first-order valence-electron chi connectivity index (χ1n) is 5.16. The third kappa shape index (κ3) is 2.58. The van der Waals surface area contributed by atoms with Crippen LogP contribution in [0, 0.1) is 11.3 Å². The number of aliphatic hydroxyl groups excluding tert-OH is 1. The van der Waals surface area contributed by atoms with Gasteiger partial charge in [-0.25, -0.2) is 0 Å². The number of rotatable bonds is 2. The highest BCUT2D eigenvalue weighted by Crippen LogP contribution is 2.35. The smallest absolute Gasteiger partial charge is 0.0820 e. The summed E-state index contributed by atoms with van der Waals surface area (Å²) in [6.45, 7) is 8.56. The van der Waals surface area contributed by atoms with Gasteiger partial charge in [0.1, 0.15) is 0 Å². The minimum atomic E-state index is -0.365. The van der Waals surface area contributed by atoms with Crippen molar-refractivity contribution < 1.29 is 5.11 Å². The fourth-order valence-corrected chi connectivity index (χ4v) is 1.41. The summed E-state index contributed by atoms with van der Waals surface area (Å²) in [6.07, 6.45) is -0.365. The first-order chi connectivity index (χ1) is 6.43. The molecule has 1 aromatic rings. The Kier molecular flexibility index (Phi) is 3.33. The van der Waals surface area contributed by atoms with Gasteiger partial charge in [-0.05, 0) is 16.9 Å². The second-order valence-electron chi connectivity index (χ2n) is 5.01. The molecule has 0 saturated carbocycles. The van der Waals surface area contributed by atoms with Gasteiger partial charge in [-0.15, -0.1) is 0 Å². The number of hydrogen-bond acceptors (Lipinski definition) is 1. The Morgan fingerprint density at radius 1 is 1.07 bits per heavy atom. The Hall–Kier alpha value is -0.820. The van der Waals surface area contributed by atoms with Gasteiger partial charge in [-0.1, -0.05) is 58.0 Å². The van der Waals surface area contributed by atoms with Crippen LogP contribution in [0.1, 0.15) is 39.4 Å². The summed E-state index contributed by atoms with van der Waals surface area (Å²) in [5.74, 6) is 0.255. The van der Waals surface area contributed by atoms with Crippen LogP contribution in [0.4, 0.5) is 0 Å². The van der Waals surface area contributed by atoms with Crippen LogP contribution in [0.25, 0.3) is 0 Å². The van der Waals surface area contributed by atoms with E-state index < -0.39 is 0 Å². The van der Waals surface area contributed by atoms with Crippen molar-refractivity contribution in [1.82, 2.24) is 0 Å². The molecule has 1 rings (SSSR count). The van der Waals surface area contributed by atoms with Crippen molar-refractivity contribution in [3.05, 3.63) is 35.9 Å². The van der Waals surface area contributed by atoms with Gasteiger partial charge >= 0.3 is 0 Å². The maximum atomic E-state index is 10.1. The van der Waals surface area contributed by atoms with Gasteiger partial charge in [0.05, 0.1) is 6.10 Å². The molecule has 1 N–H and O–H groups in total. The molecule has 0 bridgehead atoms. The molecule has 0 aliphatic heterocycles. The number of aliphatic hydroxyl groups is 1. The third-order valence-electron chi connectivity index (χ3n) is 2.98. The average molecular weight is 192 g/mol. The van der Waals surface area contributed by atoms with Crippen molar-refractivity contribution in [1.29, 1.82) is 0 Å². The predicted octanol–water partition coefficient (Wildman–Crippen LogP) is 3.40. The molecule has 14 heavy (non-hydrogen) atoms. The van der Waals surface area contributed by atoms with Crippen LogP contribution in [0.15, 0.2) is 30.3 Å². The zero-order chi connectivity index (χ0) is 10.8. The molecule has 0 fully saturated rings. The van der Waals surface area contributed by atoms with Gasteiger partial charge in [0.15, 0.2) is 0 Å². The first kappa shape index (κ1) is 11.3. The molecule has 1 aromatic carbocycles. The summed E-state index contributed by atoms with van der Waals surface area (Å²) in [4.78, 5) is 0. The van der Waals surface area contributed by atoms with E-state index in [1.54, 1.807) is 0 Å². The van der Waals surface area contributed by atoms with Crippen molar-refractivity contribution >= 4 is 0 Å². The molecule has 0 aliphatic rings. The van der Waals surface area contributed by atoms with Gasteiger partial charge in [-0.3, -0.25) is 0 Å². The highest BCUT2D eigenvalue weighted by molar-refractivity contribution is 5.18. The Balaban J connectivity index is 2.81. The molecule has 0 saturated heterocycles. The standard InChI is InChI=1S/C13H20O/c1-10(13(2,3)4)12(14)11-8-6-5-7-9-11/h5-10,12,14H,1-4H3/t10-,12+/m0/s1. The van der Waals surface area contributed by atoms with Gasteiger partial charge in [-0.2, -0.15) is 0 Å². The SMILES string of the molecule is C[C@@H]([C@@H](O)c1ccccc1)C(C)(C)C. The van der Waals surface area contributed by atoms with Crippen molar-refractivity contribution in [3.8, 4) is 0 Å². The Labute approximate surface area is 86.8 Å². The van der Waals surface area contributed by atoms with E-state index in [1.165, 1.54) is 0 Å². The van der Waals surface area contributed by atoms with Crippen molar-refractivity contribution in [2.45, 2.75) is 33.8 Å². The van der Waals surface area contributed by atoms with E-state index in [2.05, 4.69) is 27.7 Å². The Morgan fingerprint density at radius 2 is 1.57 bits per heavy atom. The molecule has 0 spiro atoms. The van der Waals surface area contributed by atoms with E-state index in [4.69, 9.17) is 0 Å². The monoisotopic (exact) mass is 192 g/mol. The zero-order valence-electron chi connectivity index (χ0n) is 9.49. The zero-order valence-corrected chi connectivity index (χ0v) is 9.49. The van der Waals surface area contributed by atoms with Crippen LogP contribution < -0.4 is 0 Å². The van der Waals surface area contributed by atoms with Gasteiger partial charge in [0, 0.05) is 0 Å². The number of benzene rings is 1. The minimum Gasteiger partial charge on any atom is -0.388 e. The second kappa shape index (κ2) is 4.14. The van der Waals surface area contributed by atoms with E-state index in [-0.39, 0.29) is 17.4 Å². The summed E-state index contributed by atoms with van der Waals surface area (Å²) in [5.41, 5.74) is 1.14. The normalized spacial score (nSPS) is 16.4. The molecule has 2 atom stereocenters. The molecule has 0 aromatic heterocycles. The molecule has 0 radical (unpaired) electrons. The molecule has 1 heteroatoms. The van der Waals surface area contributed by atoms with Crippen molar-refractivity contribution in [3.63, 3.8) is 0 Å². The van der Waals surface area contributed by atoms with Crippen molar-refractivity contribution in [2.24, 2.45) is 11.3 Å². The van der Waals surface area contributed by atoms with Crippen LogP contribution in [-0.2, 0) is 0 Å². The van der Waals surface area contributed by atoms with Gasteiger partial charge in [0.25, 0.3) is 0 Å². The lowest BCUT2D eigenvalue weighted by Crippen LogP contribution is -2.24. The fourth-order valence-electron chi connectivity index (χ4n) is 1.41. The summed E-state index contributed by atoms with van der Waals surface area (Å²) in [6, 6.07) is 9.86. The quantitative estimate of drug-likeness (QED) is 0.761. The van der Waals surface area contributed by atoms with Crippen LogP contribution >= 0.6 is 0 Å². The Morgan fingerprint density at radius 3 is 2.00 bits per heavy atom. The Bertz CT molecular complexity index is 271. The lowest BCUT2D eigenvalue weighted by molar-refractivity contribution is 0.0535. The number of hydrogen-bond donors (Lipinski definition) is 1. The van der Waals surface area contributed by atoms with E-state index in [1.807, 2.05) is 30.3 Å².